The second-order valence-electron chi connectivity index (χ2n) is 11.9. The summed E-state index contributed by atoms with van der Waals surface area (Å²) in [6, 6.07) is 20.7. The number of esters is 2. The maximum absolute atomic E-state index is 13.0. The number of rotatable bonds is 11. The molecule has 3 aromatic carbocycles. The SMILES string of the molecule is COC(=O)C1OC(Oc2ccc(CO)cc2NC(=O)CCNC(=O)OCC2c3ccccc3-c3ccccc32)[C@@H](OC(C)=O)[C@@H](C)[C@@H]1C. The van der Waals surface area contributed by atoms with E-state index in [1.54, 1.807) is 13.0 Å². The first kappa shape index (κ1) is 34.4. The average Bonchev–Trinajstić information content (AvgIpc) is 3.40. The van der Waals surface area contributed by atoms with Crippen molar-refractivity contribution in [2.24, 2.45) is 11.8 Å². The van der Waals surface area contributed by atoms with E-state index in [4.69, 9.17) is 23.7 Å². The number of carbonyl (C=O) groups is 4. The van der Waals surface area contributed by atoms with Crippen LogP contribution in [0.5, 0.6) is 5.75 Å². The highest BCUT2D eigenvalue weighted by molar-refractivity contribution is 5.92. The predicted octanol–water partition coefficient (Wildman–Crippen LogP) is 4.53. The summed E-state index contributed by atoms with van der Waals surface area (Å²) in [5.41, 5.74) is 5.13. The van der Waals surface area contributed by atoms with Gasteiger partial charge in [-0.15, -0.1) is 0 Å². The molecule has 0 spiro atoms. The Morgan fingerprint density at radius 1 is 0.917 bits per heavy atom. The van der Waals surface area contributed by atoms with E-state index in [9.17, 15) is 24.3 Å². The van der Waals surface area contributed by atoms with Gasteiger partial charge in [-0.05, 0) is 45.9 Å². The van der Waals surface area contributed by atoms with Crippen LogP contribution in [0.3, 0.4) is 0 Å². The number of nitrogens with one attached hydrogen (secondary N) is 2. The van der Waals surface area contributed by atoms with Crippen LogP contribution in [-0.2, 0) is 39.9 Å². The molecule has 12 heteroatoms. The van der Waals surface area contributed by atoms with Gasteiger partial charge in [-0.25, -0.2) is 9.59 Å². The van der Waals surface area contributed by atoms with Gasteiger partial charge in [0.15, 0.2) is 12.2 Å². The minimum atomic E-state index is -1.21. The van der Waals surface area contributed by atoms with Crippen LogP contribution in [0.1, 0.15) is 49.8 Å². The molecule has 1 fully saturated rings. The number of aliphatic hydroxyl groups excluding tert-OH is 1. The third-order valence-electron chi connectivity index (χ3n) is 8.82. The maximum Gasteiger partial charge on any atom is 0.407 e. The summed E-state index contributed by atoms with van der Waals surface area (Å²) in [4.78, 5) is 50.0. The van der Waals surface area contributed by atoms with E-state index in [1.807, 2.05) is 43.3 Å². The summed E-state index contributed by atoms with van der Waals surface area (Å²) in [6.07, 6.45) is -3.82. The Balaban J connectivity index is 1.19. The summed E-state index contributed by atoms with van der Waals surface area (Å²) in [7, 11) is 1.25. The lowest BCUT2D eigenvalue weighted by Crippen LogP contribution is -2.55. The lowest BCUT2D eigenvalue weighted by molar-refractivity contribution is -0.248. The molecule has 2 amide bonds. The molecule has 1 aliphatic heterocycles. The number of methoxy groups -OCH3 is 1. The molecule has 12 nitrogen and oxygen atoms in total. The molecule has 254 valence electrons. The molecule has 0 radical (unpaired) electrons. The summed E-state index contributed by atoms with van der Waals surface area (Å²) >= 11 is 0. The van der Waals surface area contributed by atoms with Crippen LogP contribution in [-0.4, -0.2) is 67.8 Å². The second-order valence-corrected chi connectivity index (χ2v) is 11.9. The van der Waals surface area contributed by atoms with Gasteiger partial charge in [-0.1, -0.05) is 68.4 Å². The minimum Gasteiger partial charge on any atom is -0.467 e. The van der Waals surface area contributed by atoms with Gasteiger partial charge in [0.05, 0.1) is 19.4 Å². The van der Waals surface area contributed by atoms with Crippen molar-refractivity contribution in [3.63, 3.8) is 0 Å². The zero-order valence-corrected chi connectivity index (χ0v) is 27.3. The van der Waals surface area contributed by atoms with Gasteiger partial charge in [-0.2, -0.15) is 0 Å². The Morgan fingerprint density at radius 2 is 1.58 bits per heavy atom. The highest BCUT2D eigenvalue weighted by Gasteiger charge is 2.48. The number of anilines is 1. The number of ether oxygens (including phenoxy) is 5. The monoisotopic (exact) mass is 660 g/mol. The molecule has 0 aromatic heterocycles. The fourth-order valence-electron chi connectivity index (χ4n) is 6.15. The number of amides is 2. The fourth-order valence-corrected chi connectivity index (χ4v) is 6.15. The molecular weight excluding hydrogens is 620 g/mol. The van der Waals surface area contributed by atoms with Crippen molar-refractivity contribution < 1.29 is 48.0 Å². The number of benzene rings is 3. The first-order valence-electron chi connectivity index (χ1n) is 15.8. The van der Waals surface area contributed by atoms with E-state index in [0.717, 1.165) is 22.3 Å². The van der Waals surface area contributed by atoms with E-state index in [2.05, 4.69) is 22.8 Å². The maximum atomic E-state index is 13.0. The van der Waals surface area contributed by atoms with Crippen LogP contribution in [0.4, 0.5) is 10.5 Å². The van der Waals surface area contributed by atoms with Crippen molar-refractivity contribution in [3.05, 3.63) is 83.4 Å². The van der Waals surface area contributed by atoms with Gasteiger partial charge in [0, 0.05) is 31.7 Å². The van der Waals surface area contributed by atoms with E-state index in [1.165, 1.54) is 26.2 Å². The van der Waals surface area contributed by atoms with E-state index in [-0.39, 0.29) is 55.4 Å². The van der Waals surface area contributed by atoms with Crippen molar-refractivity contribution in [2.75, 3.05) is 25.6 Å². The molecular formula is C36H40N2O10. The molecule has 1 aliphatic carbocycles. The van der Waals surface area contributed by atoms with Crippen molar-refractivity contribution in [3.8, 4) is 16.9 Å². The van der Waals surface area contributed by atoms with Gasteiger partial charge in [-0.3, -0.25) is 9.59 Å². The predicted molar refractivity (Wildman–Crippen MR) is 174 cm³/mol. The third-order valence-corrected chi connectivity index (χ3v) is 8.82. The van der Waals surface area contributed by atoms with Crippen molar-refractivity contribution >= 4 is 29.6 Å². The lowest BCUT2D eigenvalue weighted by Gasteiger charge is -2.42. The lowest BCUT2D eigenvalue weighted by atomic mass is 9.83. The number of fused-ring (bicyclic) bond motifs is 3. The summed E-state index contributed by atoms with van der Waals surface area (Å²) < 4.78 is 28.1. The largest absolute Gasteiger partial charge is 0.467 e. The van der Waals surface area contributed by atoms with Gasteiger partial charge in [0.2, 0.25) is 12.2 Å². The second kappa shape index (κ2) is 15.3. The first-order valence-corrected chi connectivity index (χ1v) is 15.8. The molecule has 5 rings (SSSR count). The van der Waals surface area contributed by atoms with Crippen LogP contribution in [0, 0.1) is 11.8 Å². The van der Waals surface area contributed by atoms with Crippen LogP contribution < -0.4 is 15.4 Å². The van der Waals surface area contributed by atoms with Gasteiger partial charge in [0.1, 0.15) is 12.4 Å². The minimum absolute atomic E-state index is 0.00510. The van der Waals surface area contributed by atoms with Crippen LogP contribution in [0.25, 0.3) is 11.1 Å². The highest BCUT2D eigenvalue weighted by Crippen LogP contribution is 2.44. The van der Waals surface area contributed by atoms with Crippen LogP contribution >= 0.6 is 0 Å². The molecule has 2 unspecified atom stereocenters. The Labute approximate surface area is 278 Å². The molecule has 48 heavy (non-hydrogen) atoms. The highest BCUT2D eigenvalue weighted by atomic mass is 16.7. The summed E-state index contributed by atoms with van der Waals surface area (Å²) in [5, 5.41) is 15.1. The molecule has 3 N–H and O–H groups in total. The molecule has 3 aromatic rings. The topological polar surface area (TPSA) is 159 Å². The smallest absolute Gasteiger partial charge is 0.407 e. The van der Waals surface area contributed by atoms with E-state index < -0.39 is 42.4 Å². The molecule has 0 bridgehead atoms. The van der Waals surface area contributed by atoms with Crippen LogP contribution in [0.2, 0.25) is 0 Å². The first-order chi connectivity index (χ1) is 23.1. The summed E-state index contributed by atoms with van der Waals surface area (Å²) in [6.45, 7) is 4.70. The van der Waals surface area contributed by atoms with Gasteiger partial charge < -0.3 is 39.4 Å². The Bertz CT molecular complexity index is 1610. The third kappa shape index (κ3) is 7.61. The van der Waals surface area contributed by atoms with Crippen molar-refractivity contribution in [1.82, 2.24) is 5.32 Å². The van der Waals surface area contributed by atoms with Crippen molar-refractivity contribution in [1.29, 1.82) is 0 Å². The Kier molecular flexibility index (Phi) is 11.0. The molecule has 0 saturated carbocycles. The fraction of sp³-hybridized carbons (Fsp3) is 0.389. The average molecular weight is 661 g/mol. The molecule has 1 heterocycles. The standard InChI is InChI=1S/C36H40N2O10/c1-20-21(2)33(46-22(3)40)35(48-32(20)34(42)44-4)47-30-14-13-23(18-39)17-29(30)38-31(41)15-16-37-36(43)45-19-28-26-11-7-5-9-24(26)25-10-6-8-12-27(25)28/h5-14,17,20-21,28,32-33,35,39H,15-16,18-19H2,1-4H3,(H,37,43)(H,38,41)/t20-,21-,32?,33-,35?/m0/s1. The van der Waals surface area contributed by atoms with Gasteiger partial charge >= 0.3 is 18.0 Å². The van der Waals surface area contributed by atoms with Gasteiger partial charge in [0.25, 0.3) is 0 Å². The quantitative estimate of drug-likeness (QED) is 0.197. The number of aliphatic hydroxyl groups is 1. The Hall–Kier alpha value is -4.94. The van der Waals surface area contributed by atoms with Crippen molar-refractivity contribution in [2.45, 2.75) is 58.2 Å². The van der Waals surface area contributed by atoms with Crippen LogP contribution in [0.15, 0.2) is 66.7 Å². The van der Waals surface area contributed by atoms with E-state index >= 15 is 0 Å². The Morgan fingerprint density at radius 3 is 2.21 bits per heavy atom. The van der Waals surface area contributed by atoms with E-state index in [0.29, 0.717) is 5.56 Å². The zero-order chi connectivity index (χ0) is 34.4. The number of carbonyl (C=O) groups excluding carboxylic acids is 4. The summed E-state index contributed by atoms with van der Waals surface area (Å²) in [5.74, 6) is -2.26. The number of hydrogen-bond donors (Lipinski definition) is 3. The molecule has 1 saturated heterocycles. The molecule has 2 aliphatic rings. The number of alkyl carbamates (subject to hydrolysis) is 1. The molecule has 5 atom stereocenters. The zero-order valence-electron chi connectivity index (χ0n) is 27.3. The number of hydrogen-bond acceptors (Lipinski definition) is 10. The normalized spacial score (nSPS) is 21.3.